The van der Waals surface area contributed by atoms with Crippen molar-refractivity contribution in [3.63, 3.8) is 0 Å². The molecule has 0 bridgehead atoms. The third-order valence-electron chi connectivity index (χ3n) is 4.77. The van der Waals surface area contributed by atoms with Gasteiger partial charge in [-0.05, 0) is 36.5 Å². The van der Waals surface area contributed by atoms with Crippen molar-refractivity contribution in [3.8, 4) is 17.2 Å². The molecule has 2 aromatic heterocycles. The number of hydrogen-bond acceptors (Lipinski definition) is 8. The lowest BCUT2D eigenvalue weighted by atomic mass is 9.95. The number of ether oxygens (including phenoxy) is 3. The number of H-pyrrole nitrogens is 1. The van der Waals surface area contributed by atoms with Crippen molar-refractivity contribution in [2.75, 3.05) is 26.1 Å². The average molecular weight is 415 g/mol. The van der Waals surface area contributed by atoms with Gasteiger partial charge in [-0.2, -0.15) is 5.21 Å². The number of aromatic nitrogens is 4. The summed E-state index contributed by atoms with van der Waals surface area (Å²) in [5.74, 6) is 1.86. The molecule has 1 aliphatic carbocycles. The number of amides is 1. The summed E-state index contributed by atoms with van der Waals surface area (Å²) in [5.41, 5.74) is 0. The van der Waals surface area contributed by atoms with Gasteiger partial charge in [-0.3, -0.25) is 10.1 Å². The van der Waals surface area contributed by atoms with Crippen LogP contribution in [0.3, 0.4) is 0 Å². The van der Waals surface area contributed by atoms with Crippen LogP contribution in [0.2, 0.25) is 0 Å². The normalized spacial score (nSPS) is 16.0. The number of anilines is 1. The number of allylic oxidation sites excluding steroid dienone is 2. The van der Waals surface area contributed by atoms with Crippen molar-refractivity contribution in [2.24, 2.45) is 5.92 Å². The van der Waals surface area contributed by atoms with Crippen molar-refractivity contribution >= 4 is 33.3 Å². The fourth-order valence-corrected chi connectivity index (χ4v) is 4.33. The number of methoxy groups -OCH3 is 2. The summed E-state index contributed by atoms with van der Waals surface area (Å²) in [5, 5.41) is 16.8. The molecular weight excluding hydrogens is 394 g/mol. The SMILES string of the molecule is COc1cc2sc(C(=O)Nc3nn[nH]n3)c(OCC3CC=CCC3)c2cc1OC. The van der Waals surface area contributed by atoms with Gasteiger partial charge in [-0.25, -0.2) is 0 Å². The van der Waals surface area contributed by atoms with Gasteiger partial charge in [0.2, 0.25) is 0 Å². The zero-order valence-electron chi connectivity index (χ0n) is 16.1. The van der Waals surface area contributed by atoms with Crippen LogP contribution in [0.4, 0.5) is 5.95 Å². The molecule has 0 saturated carbocycles. The van der Waals surface area contributed by atoms with Gasteiger partial charge in [0.15, 0.2) is 17.2 Å². The minimum atomic E-state index is -0.357. The lowest BCUT2D eigenvalue weighted by molar-refractivity contribution is 0.102. The second-order valence-electron chi connectivity index (χ2n) is 6.61. The van der Waals surface area contributed by atoms with Crippen molar-refractivity contribution < 1.29 is 19.0 Å². The summed E-state index contributed by atoms with van der Waals surface area (Å²) < 4.78 is 17.9. The van der Waals surface area contributed by atoms with Crippen LogP contribution in [0.15, 0.2) is 24.3 Å². The van der Waals surface area contributed by atoms with E-state index in [-0.39, 0.29) is 11.9 Å². The molecule has 0 spiro atoms. The minimum Gasteiger partial charge on any atom is -0.493 e. The molecule has 1 unspecified atom stereocenters. The molecule has 0 radical (unpaired) electrons. The molecule has 0 aliphatic heterocycles. The van der Waals surface area contributed by atoms with Gasteiger partial charge >= 0.3 is 0 Å². The Balaban J connectivity index is 1.70. The molecule has 3 aromatic rings. The molecule has 2 N–H and O–H groups in total. The Hall–Kier alpha value is -3.14. The number of rotatable bonds is 7. The van der Waals surface area contributed by atoms with E-state index in [0.29, 0.717) is 34.7 Å². The number of carbonyl (C=O) groups excluding carboxylic acids is 1. The molecule has 10 heteroatoms. The molecule has 1 amide bonds. The van der Waals surface area contributed by atoms with Crippen LogP contribution in [0.1, 0.15) is 28.9 Å². The Morgan fingerprint density at radius 1 is 1.28 bits per heavy atom. The van der Waals surface area contributed by atoms with E-state index in [1.165, 1.54) is 11.3 Å². The first-order valence-electron chi connectivity index (χ1n) is 9.20. The quantitative estimate of drug-likeness (QED) is 0.569. The second-order valence-corrected chi connectivity index (χ2v) is 7.67. The van der Waals surface area contributed by atoms with E-state index >= 15 is 0 Å². The van der Waals surface area contributed by atoms with Crippen LogP contribution >= 0.6 is 11.3 Å². The lowest BCUT2D eigenvalue weighted by Crippen LogP contribution is -2.16. The van der Waals surface area contributed by atoms with Gasteiger partial charge in [0.1, 0.15) is 4.88 Å². The van der Waals surface area contributed by atoms with E-state index in [4.69, 9.17) is 14.2 Å². The molecular formula is C19H21N5O4S. The average Bonchev–Trinajstić information content (AvgIpc) is 3.39. The van der Waals surface area contributed by atoms with Crippen molar-refractivity contribution in [2.45, 2.75) is 19.3 Å². The molecule has 1 atom stereocenters. The van der Waals surface area contributed by atoms with E-state index < -0.39 is 0 Å². The maximum Gasteiger partial charge on any atom is 0.272 e. The Labute approximate surface area is 171 Å². The number of benzene rings is 1. The highest BCUT2D eigenvalue weighted by atomic mass is 32.1. The summed E-state index contributed by atoms with van der Waals surface area (Å²) in [6.45, 7) is 0.535. The number of tetrazole rings is 1. The van der Waals surface area contributed by atoms with Gasteiger partial charge in [-0.15, -0.1) is 16.4 Å². The predicted octanol–water partition coefficient (Wildman–Crippen LogP) is 3.42. The molecule has 4 rings (SSSR count). The first kappa shape index (κ1) is 19.2. The topological polar surface area (TPSA) is 111 Å². The first-order valence-corrected chi connectivity index (χ1v) is 10.0. The lowest BCUT2D eigenvalue weighted by Gasteiger charge is -2.18. The molecule has 0 fully saturated rings. The number of fused-ring (bicyclic) bond motifs is 1. The highest BCUT2D eigenvalue weighted by Crippen LogP contribution is 2.44. The minimum absolute atomic E-state index is 0.103. The number of aromatic amines is 1. The predicted molar refractivity (Wildman–Crippen MR) is 109 cm³/mol. The van der Waals surface area contributed by atoms with Crippen molar-refractivity contribution in [1.29, 1.82) is 0 Å². The van der Waals surface area contributed by atoms with E-state index in [0.717, 1.165) is 29.3 Å². The standard InChI is InChI=1S/C19H21N5O4S/c1-26-13-8-12-15(9-14(13)27-2)29-17(18(25)20-19-21-23-24-22-19)16(12)28-10-11-6-4-3-5-7-11/h3-4,8-9,11H,5-7,10H2,1-2H3,(H2,20,21,22,23,24,25). The van der Waals surface area contributed by atoms with E-state index in [2.05, 4.69) is 38.1 Å². The Morgan fingerprint density at radius 2 is 2.10 bits per heavy atom. The number of carbonyl (C=O) groups is 1. The Kier molecular flexibility index (Phi) is 5.61. The van der Waals surface area contributed by atoms with Gasteiger partial charge < -0.3 is 14.2 Å². The maximum absolute atomic E-state index is 12.9. The van der Waals surface area contributed by atoms with Crippen molar-refractivity contribution in [1.82, 2.24) is 20.6 Å². The Morgan fingerprint density at radius 3 is 2.79 bits per heavy atom. The van der Waals surface area contributed by atoms with E-state index in [9.17, 15) is 4.79 Å². The highest BCUT2D eigenvalue weighted by Gasteiger charge is 2.24. The number of nitrogens with zero attached hydrogens (tertiary/aromatic N) is 3. The largest absolute Gasteiger partial charge is 0.493 e. The third-order valence-corrected chi connectivity index (χ3v) is 5.90. The molecule has 1 aromatic carbocycles. The van der Waals surface area contributed by atoms with Gasteiger partial charge in [0, 0.05) is 16.2 Å². The molecule has 9 nitrogen and oxygen atoms in total. The molecule has 1 aliphatic rings. The first-order chi connectivity index (χ1) is 14.2. The summed E-state index contributed by atoms with van der Waals surface area (Å²) in [7, 11) is 3.16. The fourth-order valence-electron chi connectivity index (χ4n) is 3.28. The molecule has 29 heavy (non-hydrogen) atoms. The van der Waals surface area contributed by atoms with Gasteiger partial charge in [0.25, 0.3) is 11.9 Å². The van der Waals surface area contributed by atoms with Crippen molar-refractivity contribution in [3.05, 3.63) is 29.2 Å². The zero-order valence-corrected chi connectivity index (χ0v) is 16.9. The fraction of sp³-hybridized carbons (Fsp3) is 0.368. The summed E-state index contributed by atoms with van der Waals surface area (Å²) in [6.07, 6.45) is 7.47. The van der Waals surface area contributed by atoms with Crippen LogP contribution in [0.5, 0.6) is 17.2 Å². The Bertz CT molecular complexity index is 1030. The monoisotopic (exact) mass is 415 g/mol. The van der Waals surface area contributed by atoms with Crippen LogP contribution in [-0.4, -0.2) is 47.4 Å². The highest BCUT2D eigenvalue weighted by molar-refractivity contribution is 7.21. The van der Waals surface area contributed by atoms with Crippen LogP contribution in [0.25, 0.3) is 10.1 Å². The number of hydrogen-bond donors (Lipinski definition) is 2. The van der Waals surface area contributed by atoms with E-state index in [1.54, 1.807) is 14.2 Å². The van der Waals surface area contributed by atoms with Gasteiger partial charge in [0.05, 0.1) is 20.8 Å². The van der Waals surface area contributed by atoms with Crippen LogP contribution in [-0.2, 0) is 0 Å². The molecule has 0 saturated heterocycles. The van der Waals surface area contributed by atoms with Gasteiger partial charge in [-0.1, -0.05) is 17.3 Å². The maximum atomic E-state index is 12.9. The van der Waals surface area contributed by atoms with E-state index in [1.807, 2.05) is 12.1 Å². The summed E-state index contributed by atoms with van der Waals surface area (Å²) in [4.78, 5) is 13.3. The number of thiophene rings is 1. The molecule has 152 valence electrons. The zero-order chi connectivity index (χ0) is 20.2. The third kappa shape index (κ3) is 4.02. The van der Waals surface area contributed by atoms with Crippen LogP contribution in [0, 0.1) is 5.92 Å². The molecule has 2 heterocycles. The second kappa shape index (κ2) is 8.48. The summed E-state index contributed by atoms with van der Waals surface area (Å²) >= 11 is 1.32. The smallest absolute Gasteiger partial charge is 0.272 e. The van der Waals surface area contributed by atoms with Crippen LogP contribution < -0.4 is 19.5 Å². The number of nitrogens with one attached hydrogen (secondary N) is 2. The summed E-state index contributed by atoms with van der Waals surface area (Å²) in [6, 6.07) is 3.69.